The minimum absolute atomic E-state index is 0. The van der Waals surface area contributed by atoms with Gasteiger partial charge in [-0.3, -0.25) is 4.90 Å². The fourth-order valence-corrected chi connectivity index (χ4v) is 3.40. The van der Waals surface area contributed by atoms with E-state index in [1.165, 1.54) is 12.1 Å². The first-order chi connectivity index (χ1) is 12.1. The summed E-state index contributed by atoms with van der Waals surface area (Å²) in [7, 11) is 0. The molecule has 11 heteroatoms. The van der Waals surface area contributed by atoms with Crippen LogP contribution in [0.1, 0.15) is 31.7 Å². The molecule has 1 saturated heterocycles. The van der Waals surface area contributed by atoms with Crippen LogP contribution in [0.3, 0.4) is 0 Å². The number of hydrogen-bond acceptors (Lipinski definition) is 5. The van der Waals surface area contributed by atoms with E-state index in [9.17, 15) is 13.2 Å². The third-order valence-corrected chi connectivity index (χ3v) is 5.02. The lowest BCUT2D eigenvalue weighted by Crippen LogP contribution is -2.52. The van der Waals surface area contributed by atoms with Gasteiger partial charge in [0.1, 0.15) is 0 Å². The molecule has 1 aromatic carbocycles. The number of hydrogen-bond donors (Lipinski definition) is 1. The Balaban J connectivity index is 0.00000261. The van der Waals surface area contributed by atoms with Crippen LogP contribution in [0.2, 0.25) is 5.02 Å². The van der Waals surface area contributed by atoms with E-state index in [1.54, 1.807) is 0 Å². The van der Waals surface area contributed by atoms with Gasteiger partial charge in [-0.1, -0.05) is 25.4 Å². The maximum absolute atomic E-state index is 13.4. The molecule has 2 N–H and O–H groups in total. The number of nitrogens with zero attached hydrogens (tertiary/aromatic N) is 5. The van der Waals surface area contributed by atoms with Gasteiger partial charge in [0.05, 0.1) is 17.8 Å². The number of benzene rings is 1. The summed E-state index contributed by atoms with van der Waals surface area (Å²) in [4.78, 5) is 2.11. The second-order valence-corrected chi connectivity index (χ2v) is 7.70. The van der Waals surface area contributed by atoms with Crippen LogP contribution in [0.15, 0.2) is 18.2 Å². The average molecular weight is 425 g/mol. The number of tetrazole rings is 1. The molecule has 0 amide bonds. The fraction of sp³-hybridized carbons (Fsp3) is 0.562. The third-order valence-electron chi connectivity index (χ3n) is 4.78. The van der Waals surface area contributed by atoms with Crippen molar-refractivity contribution >= 4 is 24.0 Å². The topological polar surface area (TPSA) is 72.9 Å². The minimum Gasteiger partial charge on any atom is -0.327 e. The van der Waals surface area contributed by atoms with Gasteiger partial charge in [0.2, 0.25) is 0 Å². The summed E-state index contributed by atoms with van der Waals surface area (Å²) >= 11 is 5.74. The average Bonchev–Trinajstić information content (AvgIpc) is 2.98. The molecule has 1 atom stereocenters. The first-order valence-electron chi connectivity index (χ1n) is 8.20. The normalized spacial score (nSPS) is 20.3. The maximum Gasteiger partial charge on any atom is 0.418 e. The molecule has 0 radical (unpaired) electrons. The van der Waals surface area contributed by atoms with E-state index in [1.807, 2.05) is 0 Å². The van der Waals surface area contributed by atoms with E-state index in [4.69, 9.17) is 17.3 Å². The van der Waals surface area contributed by atoms with Gasteiger partial charge in [0.15, 0.2) is 5.82 Å². The highest BCUT2D eigenvalue weighted by atomic mass is 35.5. The summed E-state index contributed by atoms with van der Waals surface area (Å²) in [6, 6.07) is 3.63. The zero-order valence-electron chi connectivity index (χ0n) is 14.9. The highest BCUT2D eigenvalue weighted by Gasteiger charge is 2.36. The van der Waals surface area contributed by atoms with E-state index < -0.39 is 11.7 Å². The van der Waals surface area contributed by atoms with Crippen molar-refractivity contribution < 1.29 is 13.2 Å². The monoisotopic (exact) mass is 424 g/mol. The molecule has 6 nitrogen and oxygen atoms in total. The fourth-order valence-electron chi connectivity index (χ4n) is 3.23. The minimum atomic E-state index is -4.57. The molecule has 1 aliphatic rings. The Labute approximate surface area is 166 Å². The Morgan fingerprint density at radius 2 is 2.04 bits per heavy atom. The zero-order valence-corrected chi connectivity index (χ0v) is 16.4. The molecule has 1 aromatic heterocycles. The Kier molecular flexibility index (Phi) is 6.40. The molecule has 1 fully saturated rings. The molecule has 0 bridgehead atoms. The predicted molar refractivity (Wildman–Crippen MR) is 98.1 cm³/mol. The molecular formula is C16H21Cl2F3N6. The molecule has 0 saturated carbocycles. The van der Waals surface area contributed by atoms with Crippen molar-refractivity contribution in [1.82, 2.24) is 25.1 Å². The molecule has 27 heavy (non-hydrogen) atoms. The number of rotatable bonds is 3. The van der Waals surface area contributed by atoms with Gasteiger partial charge in [-0.05, 0) is 40.5 Å². The summed E-state index contributed by atoms with van der Waals surface area (Å²) in [6.45, 7) is 5.95. The zero-order chi connectivity index (χ0) is 19.1. The lowest BCUT2D eigenvalue weighted by Gasteiger charge is -2.42. The van der Waals surface area contributed by atoms with Crippen LogP contribution in [-0.2, 0) is 12.7 Å². The summed E-state index contributed by atoms with van der Waals surface area (Å²) in [5, 5.41) is 11.3. The van der Waals surface area contributed by atoms with Crippen LogP contribution in [0, 0.1) is 5.41 Å². The van der Waals surface area contributed by atoms with Crippen LogP contribution in [-0.4, -0.2) is 44.2 Å². The maximum atomic E-state index is 13.4. The van der Waals surface area contributed by atoms with E-state index in [0.29, 0.717) is 18.9 Å². The van der Waals surface area contributed by atoms with Gasteiger partial charge in [-0.2, -0.15) is 17.9 Å². The number of aromatic nitrogens is 4. The number of piperidine rings is 1. The van der Waals surface area contributed by atoms with E-state index in [-0.39, 0.29) is 34.6 Å². The van der Waals surface area contributed by atoms with Gasteiger partial charge in [0, 0.05) is 24.2 Å². The van der Waals surface area contributed by atoms with Gasteiger partial charge in [0.25, 0.3) is 0 Å². The number of alkyl halides is 3. The second-order valence-electron chi connectivity index (χ2n) is 7.26. The molecule has 2 heterocycles. The van der Waals surface area contributed by atoms with Crippen LogP contribution in [0.25, 0.3) is 5.69 Å². The second kappa shape index (κ2) is 7.90. The van der Waals surface area contributed by atoms with Gasteiger partial charge in [-0.15, -0.1) is 17.5 Å². The summed E-state index contributed by atoms with van der Waals surface area (Å²) < 4.78 is 41.3. The SMILES string of the molecule is CC1(C)CN(Cc2nnnn2-c2ccc(Cl)cc2C(F)(F)F)CCC1N.Cl. The Hall–Kier alpha value is -1.42. The Morgan fingerprint density at radius 3 is 2.67 bits per heavy atom. The summed E-state index contributed by atoms with van der Waals surface area (Å²) in [5.41, 5.74) is 5.03. The molecular weight excluding hydrogens is 404 g/mol. The van der Waals surface area contributed by atoms with E-state index >= 15 is 0 Å². The molecule has 3 rings (SSSR count). The standard InChI is InChI=1S/C16H20ClF3N6.ClH/c1-15(2)9-25(6-5-13(15)21)8-14-22-23-24-26(14)12-4-3-10(17)7-11(12)16(18,19)20;/h3-4,7,13H,5-6,8-9,21H2,1-2H3;1H. The number of likely N-dealkylation sites (tertiary alicyclic amines) is 1. The Bertz CT molecular complexity index is 793. The van der Waals surface area contributed by atoms with Crippen LogP contribution < -0.4 is 5.73 Å². The molecule has 1 unspecified atom stereocenters. The molecule has 0 spiro atoms. The summed E-state index contributed by atoms with van der Waals surface area (Å²) in [6.07, 6.45) is -3.76. The van der Waals surface area contributed by atoms with Gasteiger partial charge in [-0.25, -0.2) is 0 Å². The van der Waals surface area contributed by atoms with Gasteiger partial charge < -0.3 is 5.73 Å². The lowest BCUT2D eigenvalue weighted by atomic mass is 9.80. The molecule has 1 aliphatic heterocycles. The van der Waals surface area contributed by atoms with Crippen molar-refractivity contribution in [2.45, 2.75) is 39.0 Å². The molecule has 150 valence electrons. The van der Waals surface area contributed by atoms with Crippen molar-refractivity contribution in [3.63, 3.8) is 0 Å². The third kappa shape index (κ3) is 4.71. The first kappa shape index (κ1) is 21.9. The van der Waals surface area contributed by atoms with E-state index in [0.717, 1.165) is 23.7 Å². The van der Waals surface area contributed by atoms with Crippen molar-refractivity contribution in [2.75, 3.05) is 13.1 Å². The van der Waals surface area contributed by atoms with Crippen molar-refractivity contribution in [1.29, 1.82) is 0 Å². The highest BCUT2D eigenvalue weighted by Crippen LogP contribution is 2.36. The van der Waals surface area contributed by atoms with E-state index in [2.05, 4.69) is 34.3 Å². The van der Waals surface area contributed by atoms with Crippen molar-refractivity contribution in [3.8, 4) is 5.69 Å². The molecule has 0 aliphatic carbocycles. The van der Waals surface area contributed by atoms with Crippen molar-refractivity contribution in [3.05, 3.63) is 34.6 Å². The van der Waals surface area contributed by atoms with Crippen LogP contribution >= 0.6 is 24.0 Å². The van der Waals surface area contributed by atoms with Crippen molar-refractivity contribution in [2.24, 2.45) is 11.1 Å². The first-order valence-corrected chi connectivity index (χ1v) is 8.58. The molecule has 2 aromatic rings. The highest BCUT2D eigenvalue weighted by molar-refractivity contribution is 6.30. The lowest BCUT2D eigenvalue weighted by molar-refractivity contribution is -0.137. The smallest absolute Gasteiger partial charge is 0.327 e. The van der Waals surface area contributed by atoms with Gasteiger partial charge >= 0.3 is 6.18 Å². The quantitative estimate of drug-likeness (QED) is 0.817. The number of halogens is 5. The number of nitrogens with two attached hydrogens (primary N) is 1. The van der Waals surface area contributed by atoms with Crippen LogP contribution in [0.5, 0.6) is 0 Å². The Morgan fingerprint density at radius 1 is 1.33 bits per heavy atom. The van der Waals surface area contributed by atoms with Crippen LogP contribution in [0.4, 0.5) is 13.2 Å². The largest absolute Gasteiger partial charge is 0.418 e. The predicted octanol–water partition coefficient (Wildman–Crippen LogP) is 3.32. The summed E-state index contributed by atoms with van der Waals surface area (Å²) in [5.74, 6) is 0.337.